The molecule has 0 fully saturated rings. The van der Waals surface area contributed by atoms with Gasteiger partial charge in [0, 0.05) is 28.6 Å². The van der Waals surface area contributed by atoms with Crippen molar-refractivity contribution in [1.29, 1.82) is 0 Å². The summed E-state index contributed by atoms with van der Waals surface area (Å²) in [7, 11) is 0. The standard InChI is InChI=1S/C27H22N4O2/c32-26(22-16-19-10-4-5-14-21(19)28-22)30-25-27(33)31-15-7-12-18-11-6-13-20(24(18)31)23(29-25)17-8-2-1-3-9-17/h1-6,8-11,13-14,16,25,28H,7,12,15H2,(H,30,32). The van der Waals surface area contributed by atoms with Crippen LogP contribution in [-0.2, 0) is 11.2 Å². The Morgan fingerprint density at radius 2 is 1.82 bits per heavy atom. The van der Waals surface area contributed by atoms with Gasteiger partial charge < -0.3 is 15.2 Å². The first-order chi connectivity index (χ1) is 16.2. The molecule has 33 heavy (non-hydrogen) atoms. The van der Waals surface area contributed by atoms with E-state index in [4.69, 9.17) is 4.99 Å². The van der Waals surface area contributed by atoms with Gasteiger partial charge >= 0.3 is 0 Å². The van der Waals surface area contributed by atoms with Crippen LogP contribution in [0, 0.1) is 0 Å². The molecule has 3 heterocycles. The van der Waals surface area contributed by atoms with E-state index in [2.05, 4.69) is 16.4 Å². The number of hydrogen-bond donors (Lipinski definition) is 2. The van der Waals surface area contributed by atoms with Gasteiger partial charge in [-0.1, -0.05) is 66.7 Å². The van der Waals surface area contributed by atoms with Gasteiger partial charge in [0.25, 0.3) is 11.8 Å². The van der Waals surface area contributed by atoms with E-state index in [1.165, 1.54) is 0 Å². The van der Waals surface area contributed by atoms with E-state index in [1.54, 1.807) is 11.0 Å². The number of aromatic nitrogens is 1. The summed E-state index contributed by atoms with van der Waals surface area (Å²) in [4.78, 5) is 36.6. The van der Waals surface area contributed by atoms with Gasteiger partial charge in [-0.15, -0.1) is 0 Å². The summed E-state index contributed by atoms with van der Waals surface area (Å²) >= 11 is 0. The van der Waals surface area contributed by atoms with Crippen molar-refractivity contribution in [3.05, 3.63) is 101 Å². The maximum atomic E-state index is 13.6. The number of nitrogens with one attached hydrogen (secondary N) is 2. The van der Waals surface area contributed by atoms with Crippen LogP contribution in [0.4, 0.5) is 5.69 Å². The van der Waals surface area contributed by atoms with Crippen LogP contribution in [0.5, 0.6) is 0 Å². The lowest BCUT2D eigenvalue weighted by molar-refractivity contribution is -0.120. The molecule has 2 N–H and O–H groups in total. The topological polar surface area (TPSA) is 77.6 Å². The third-order valence-corrected chi connectivity index (χ3v) is 6.32. The molecule has 2 amide bonds. The zero-order valence-electron chi connectivity index (χ0n) is 17.9. The van der Waals surface area contributed by atoms with Crippen LogP contribution < -0.4 is 10.2 Å². The third-order valence-electron chi connectivity index (χ3n) is 6.32. The van der Waals surface area contributed by atoms with E-state index in [9.17, 15) is 9.59 Å². The Labute approximate surface area is 191 Å². The van der Waals surface area contributed by atoms with Crippen LogP contribution in [0.15, 0.2) is 83.9 Å². The number of anilines is 1. The van der Waals surface area contributed by atoms with Crippen molar-refractivity contribution < 1.29 is 9.59 Å². The van der Waals surface area contributed by atoms with Crippen LogP contribution in [0.2, 0.25) is 0 Å². The summed E-state index contributed by atoms with van der Waals surface area (Å²) in [5, 5.41) is 3.82. The van der Waals surface area contributed by atoms with Gasteiger partial charge in [-0.2, -0.15) is 0 Å². The second-order valence-corrected chi connectivity index (χ2v) is 8.40. The molecular weight excluding hydrogens is 412 g/mol. The van der Waals surface area contributed by atoms with Crippen LogP contribution >= 0.6 is 0 Å². The molecule has 0 radical (unpaired) electrons. The Bertz CT molecular complexity index is 1390. The first kappa shape index (κ1) is 19.5. The Kier molecular flexibility index (Phi) is 4.57. The maximum absolute atomic E-state index is 13.6. The van der Waals surface area contributed by atoms with E-state index in [0.717, 1.165) is 46.1 Å². The summed E-state index contributed by atoms with van der Waals surface area (Å²) in [5.74, 6) is -0.567. The molecule has 0 spiro atoms. The molecule has 0 saturated carbocycles. The lowest BCUT2D eigenvalue weighted by Gasteiger charge is -2.31. The second kappa shape index (κ2) is 7.74. The van der Waals surface area contributed by atoms with Gasteiger partial charge in [-0.25, -0.2) is 4.99 Å². The Morgan fingerprint density at radius 1 is 1.00 bits per heavy atom. The minimum Gasteiger partial charge on any atom is -0.351 e. The van der Waals surface area contributed by atoms with Crippen LogP contribution in [0.25, 0.3) is 10.9 Å². The highest BCUT2D eigenvalue weighted by Crippen LogP contribution is 2.35. The van der Waals surface area contributed by atoms with Crippen LogP contribution in [0.3, 0.4) is 0 Å². The number of H-pyrrole nitrogens is 1. The average Bonchev–Trinajstić information content (AvgIpc) is 3.26. The van der Waals surface area contributed by atoms with Crippen molar-refractivity contribution in [2.45, 2.75) is 19.0 Å². The zero-order chi connectivity index (χ0) is 22.4. The predicted molar refractivity (Wildman–Crippen MR) is 129 cm³/mol. The number of carbonyl (C=O) groups excluding carboxylic acids is 2. The SMILES string of the molecule is O=C(NC1N=C(c2ccccc2)c2cccc3c2N(CCC3)C1=O)c1cc2ccccc2[nH]1. The molecule has 6 rings (SSSR count). The number of aromatic amines is 1. The molecule has 0 bridgehead atoms. The molecule has 0 aliphatic carbocycles. The number of nitrogens with zero attached hydrogens (tertiary/aromatic N) is 2. The van der Waals surface area contributed by atoms with Gasteiger partial charge in [0.15, 0.2) is 0 Å². The van der Waals surface area contributed by atoms with Crippen molar-refractivity contribution in [1.82, 2.24) is 10.3 Å². The third kappa shape index (κ3) is 3.31. The highest BCUT2D eigenvalue weighted by molar-refractivity contribution is 6.21. The fourth-order valence-corrected chi connectivity index (χ4v) is 4.78. The number of para-hydroxylation sites is 2. The zero-order valence-corrected chi connectivity index (χ0v) is 17.9. The summed E-state index contributed by atoms with van der Waals surface area (Å²) in [6, 6.07) is 25.4. The highest BCUT2D eigenvalue weighted by atomic mass is 16.2. The van der Waals surface area contributed by atoms with Gasteiger partial charge in [-0.3, -0.25) is 9.59 Å². The molecule has 0 saturated heterocycles. The van der Waals surface area contributed by atoms with E-state index >= 15 is 0 Å². The molecule has 1 aromatic heterocycles. The van der Waals surface area contributed by atoms with Crippen molar-refractivity contribution in [2.75, 3.05) is 11.4 Å². The number of amides is 2. The lowest BCUT2D eigenvalue weighted by Crippen LogP contribution is -2.48. The van der Waals surface area contributed by atoms with E-state index in [1.807, 2.05) is 66.7 Å². The summed E-state index contributed by atoms with van der Waals surface area (Å²) in [6.45, 7) is 0.610. The van der Waals surface area contributed by atoms with E-state index in [-0.39, 0.29) is 11.8 Å². The summed E-state index contributed by atoms with van der Waals surface area (Å²) in [5.41, 5.74) is 5.88. The number of carbonyl (C=O) groups is 2. The number of aliphatic imine (C=N–C) groups is 1. The monoisotopic (exact) mass is 434 g/mol. The normalized spacial score (nSPS) is 17.3. The quantitative estimate of drug-likeness (QED) is 0.510. The molecule has 1 atom stereocenters. The van der Waals surface area contributed by atoms with Crippen molar-refractivity contribution >= 4 is 34.1 Å². The smallest absolute Gasteiger partial charge is 0.272 e. The summed E-state index contributed by atoms with van der Waals surface area (Å²) in [6.07, 6.45) is 0.782. The number of benzene rings is 3. The summed E-state index contributed by atoms with van der Waals surface area (Å²) < 4.78 is 0. The Morgan fingerprint density at radius 3 is 2.67 bits per heavy atom. The Balaban J connectivity index is 1.44. The largest absolute Gasteiger partial charge is 0.351 e. The molecule has 162 valence electrons. The number of aryl methyl sites for hydroxylation is 1. The minimum atomic E-state index is -1.02. The van der Waals surface area contributed by atoms with Gasteiger partial charge in [0.1, 0.15) is 5.69 Å². The van der Waals surface area contributed by atoms with Crippen molar-refractivity contribution in [3.63, 3.8) is 0 Å². The van der Waals surface area contributed by atoms with E-state index in [0.29, 0.717) is 18.0 Å². The highest BCUT2D eigenvalue weighted by Gasteiger charge is 2.36. The first-order valence-corrected chi connectivity index (χ1v) is 11.1. The second-order valence-electron chi connectivity index (χ2n) is 8.40. The predicted octanol–water partition coefficient (Wildman–Crippen LogP) is 4.05. The van der Waals surface area contributed by atoms with Crippen molar-refractivity contribution in [2.24, 2.45) is 4.99 Å². The minimum absolute atomic E-state index is 0.209. The molecule has 6 heteroatoms. The molecule has 2 aliphatic heterocycles. The van der Waals surface area contributed by atoms with Gasteiger partial charge in [-0.05, 0) is 30.5 Å². The molecule has 6 nitrogen and oxygen atoms in total. The molecule has 2 aliphatic rings. The fraction of sp³-hybridized carbons (Fsp3) is 0.148. The average molecular weight is 434 g/mol. The molecule has 3 aromatic carbocycles. The lowest BCUT2D eigenvalue weighted by atomic mass is 9.93. The number of rotatable bonds is 3. The molecular formula is C27H22N4O2. The van der Waals surface area contributed by atoms with Gasteiger partial charge in [0.05, 0.1) is 11.4 Å². The molecule has 1 unspecified atom stereocenters. The van der Waals surface area contributed by atoms with Gasteiger partial charge in [0.2, 0.25) is 6.17 Å². The first-order valence-electron chi connectivity index (χ1n) is 11.1. The van der Waals surface area contributed by atoms with Crippen molar-refractivity contribution in [3.8, 4) is 0 Å². The Hall–Kier alpha value is -4.19. The maximum Gasteiger partial charge on any atom is 0.272 e. The fourth-order valence-electron chi connectivity index (χ4n) is 4.78. The van der Waals surface area contributed by atoms with Crippen LogP contribution in [0.1, 0.15) is 33.6 Å². The van der Waals surface area contributed by atoms with E-state index < -0.39 is 6.17 Å². The molecule has 4 aromatic rings. The number of fused-ring (bicyclic) bond motifs is 1. The number of hydrogen-bond acceptors (Lipinski definition) is 3. The van der Waals surface area contributed by atoms with Crippen LogP contribution in [-0.4, -0.2) is 35.2 Å².